The Bertz CT molecular complexity index is 3270. The molecule has 3 aliphatic rings. The molecule has 3 aliphatic carbocycles. The van der Waals surface area contributed by atoms with Gasteiger partial charge in [-0.15, -0.1) is 0 Å². The summed E-state index contributed by atoms with van der Waals surface area (Å²) in [5.41, 5.74) is 18.0. The van der Waals surface area contributed by atoms with Crippen molar-refractivity contribution >= 4 is 59.8 Å². The average Bonchev–Trinajstić information content (AvgIpc) is 3.87. The molecule has 13 rings (SSSR count). The first-order valence-corrected chi connectivity index (χ1v) is 19.2. The van der Waals surface area contributed by atoms with E-state index >= 15 is 0 Å². The van der Waals surface area contributed by atoms with E-state index in [4.69, 9.17) is 4.42 Å². The highest BCUT2D eigenvalue weighted by Crippen LogP contribution is 2.64. The van der Waals surface area contributed by atoms with Crippen molar-refractivity contribution in [1.29, 1.82) is 0 Å². The molecule has 0 saturated heterocycles. The van der Waals surface area contributed by atoms with Crippen LogP contribution in [-0.4, -0.2) is 0 Å². The molecule has 0 radical (unpaired) electrons. The molecule has 1 atom stereocenters. The predicted molar refractivity (Wildman–Crippen MR) is 225 cm³/mol. The molecule has 1 nitrogen and oxygen atoms in total. The zero-order chi connectivity index (χ0) is 35.1. The van der Waals surface area contributed by atoms with Crippen LogP contribution in [0.25, 0.3) is 93.2 Å². The van der Waals surface area contributed by atoms with Crippen LogP contribution >= 0.6 is 0 Å². The molecular formula is C53H32O. The van der Waals surface area contributed by atoms with Gasteiger partial charge in [0.15, 0.2) is 0 Å². The molecule has 250 valence electrons. The molecule has 9 aromatic carbocycles. The maximum absolute atomic E-state index is 6.40. The van der Waals surface area contributed by atoms with E-state index in [2.05, 4.69) is 170 Å². The molecular weight excluding hydrogens is 653 g/mol. The molecule has 0 saturated carbocycles. The molecule has 1 spiro atoms. The summed E-state index contributed by atoms with van der Waals surface area (Å²) in [4.78, 5) is 0. The Labute approximate surface area is 312 Å². The monoisotopic (exact) mass is 684 g/mol. The standard InChI is InChI=1S/C53H32O/c1-3-19-38-36(17-1)49(37-18-2-4-20-39(37)51(38)42-30-31-13-11-25-47-50(31)52-40(42)21-12-26-48(52)54-47)32-27-28-46-41(29-32)35-16-7-10-24-45(35)53(46)43-22-8-5-14-33(43)34-15-6-9-23-44(34)53/h1-8,10-22,24-30H,9,23H2. The van der Waals surface area contributed by atoms with Gasteiger partial charge < -0.3 is 4.42 Å². The summed E-state index contributed by atoms with van der Waals surface area (Å²) >= 11 is 0. The Balaban J connectivity index is 1.11. The lowest BCUT2D eigenvalue weighted by atomic mass is 9.68. The minimum absolute atomic E-state index is 0.265. The SMILES string of the molecule is C1=CC2=C(CC1)C1(c3ccccc32)c2ccccc2-c2cc(-c3c4ccccc4c(-c4cc5cccc6oc7cccc4c7c56)c4ccccc34)ccc21. The first-order chi connectivity index (χ1) is 26.8. The third-order valence-corrected chi connectivity index (χ3v) is 12.9. The molecule has 1 aromatic heterocycles. The molecule has 1 unspecified atom stereocenters. The Morgan fingerprint density at radius 1 is 0.444 bits per heavy atom. The van der Waals surface area contributed by atoms with Crippen LogP contribution in [0.4, 0.5) is 0 Å². The summed E-state index contributed by atoms with van der Waals surface area (Å²) in [6.45, 7) is 0. The van der Waals surface area contributed by atoms with Crippen LogP contribution in [0.3, 0.4) is 0 Å². The van der Waals surface area contributed by atoms with Crippen LogP contribution in [0.2, 0.25) is 0 Å². The fraction of sp³-hybridized carbons (Fsp3) is 0.0566. The summed E-state index contributed by atoms with van der Waals surface area (Å²) in [6, 6.07) is 59.2. The fourth-order valence-corrected chi connectivity index (χ4v) is 11.0. The van der Waals surface area contributed by atoms with E-state index in [-0.39, 0.29) is 5.41 Å². The largest absolute Gasteiger partial charge is 0.456 e. The summed E-state index contributed by atoms with van der Waals surface area (Å²) in [6.07, 6.45) is 6.90. The van der Waals surface area contributed by atoms with Gasteiger partial charge in [-0.2, -0.15) is 0 Å². The Hall–Kier alpha value is -6.70. The highest BCUT2D eigenvalue weighted by molar-refractivity contribution is 6.29. The number of hydrogen-bond acceptors (Lipinski definition) is 1. The predicted octanol–water partition coefficient (Wildman–Crippen LogP) is 14.2. The van der Waals surface area contributed by atoms with Gasteiger partial charge in [-0.25, -0.2) is 0 Å². The summed E-state index contributed by atoms with van der Waals surface area (Å²) in [7, 11) is 0. The second-order valence-electron chi connectivity index (χ2n) is 15.3. The van der Waals surface area contributed by atoms with E-state index in [0.29, 0.717) is 0 Å². The molecule has 1 heteroatoms. The van der Waals surface area contributed by atoms with Gasteiger partial charge in [-0.3, -0.25) is 0 Å². The van der Waals surface area contributed by atoms with Gasteiger partial charge in [0, 0.05) is 10.8 Å². The van der Waals surface area contributed by atoms with E-state index in [1.165, 1.54) is 104 Å². The Kier molecular flexibility index (Phi) is 5.47. The Morgan fingerprint density at radius 2 is 1.06 bits per heavy atom. The van der Waals surface area contributed by atoms with E-state index in [1.807, 2.05) is 0 Å². The number of benzene rings is 9. The number of allylic oxidation sites excluding steroid dienone is 4. The zero-order valence-electron chi connectivity index (χ0n) is 29.5. The third kappa shape index (κ3) is 3.42. The van der Waals surface area contributed by atoms with Gasteiger partial charge in [0.25, 0.3) is 0 Å². The van der Waals surface area contributed by atoms with Crippen molar-refractivity contribution in [2.24, 2.45) is 0 Å². The highest BCUT2D eigenvalue weighted by Gasteiger charge is 2.52. The van der Waals surface area contributed by atoms with Gasteiger partial charge in [0.2, 0.25) is 0 Å². The Morgan fingerprint density at radius 3 is 1.83 bits per heavy atom. The van der Waals surface area contributed by atoms with Crippen LogP contribution < -0.4 is 0 Å². The molecule has 1 heterocycles. The van der Waals surface area contributed by atoms with Crippen molar-refractivity contribution in [2.45, 2.75) is 18.3 Å². The topological polar surface area (TPSA) is 13.1 Å². The fourth-order valence-electron chi connectivity index (χ4n) is 11.0. The average molecular weight is 685 g/mol. The summed E-state index contributed by atoms with van der Waals surface area (Å²) < 4.78 is 6.40. The first kappa shape index (κ1) is 28.8. The highest BCUT2D eigenvalue weighted by atomic mass is 16.3. The number of rotatable bonds is 2. The number of hydrogen-bond donors (Lipinski definition) is 0. The van der Waals surface area contributed by atoms with Crippen molar-refractivity contribution in [2.75, 3.05) is 0 Å². The zero-order valence-corrected chi connectivity index (χ0v) is 29.5. The van der Waals surface area contributed by atoms with Crippen LogP contribution in [-0.2, 0) is 5.41 Å². The van der Waals surface area contributed by atoms with E-state index < -0.39 is 0 Å². The van der Waals surface area contributed by atoms with Gasteiger partial charge in [0.05, 0.1) is 5.41 Å². The molecule has 0 bridgehead atoms. The molecule has 0 amide bonds. The van der Waals surface area contributed by atoms with Gasteiger partial charge in [-0.1, -0.05) is 146 Å². The van der Waals surface area contributed by atoms with Crippen LogP contribution in [0.15, 0.2) is 180 Å². The smallest absolute Gasteiger partial charge is 0.136 e. The minimum atomic E-state index is -0.265. The van der Waals surface area contributed by atoms with Crippen molar-refractivity contribution in [3.8, 4) is 33.4 Å². The van der Waals surface area contributed by atoms with E-state index in [0.717, 1.165) is 24.0 Å². The molecule has 54 heavy (non-hydrogen) atoms. The second kappa shape index (κ2) is 10.2. The van der Waals surface area contributed by atoms with E-state index in [9.17, 15) is 0 Å². The molecule has 0 aliphatic heterocycles. The number of fused-ring (bicyclic) bond motifs is 11. The van der Waals surface area contributed by atoms with Crippen molar-refractivity contribution in [3.63, 3.8) is 0 Å². The maximum atomic E-state index is 6.40. The van der Waals surface area contributed by atoms with Gasteiger partial charge in [-0.05, 0) is 136 Å². The lowest BCUT2D eigenvalue weighted by Crippen LogP contribution is -2.27. The van der Waals surface area contributed by atoms with Crippen molar-refractivity contribution in [3.05, 3.63) is 198 Å². The van der Waals surface area contributed by atoms with Gasteiger partial charge in [0.1, 0.15) is 11.2 Å². The minimum Gasteiger partial charge on any atom is -0.456 e. The summed E-state index contributed by atoms with van der Waals surface area (Å²) in [5.74, 6) is 0. The quantitative estimate of drug-likeness (QED) is 0.130. The van der Waals surface area contributed by atoms with Crippen molar-refractivity contribution in [1.82, 2.24) is 0 Å². The first-order valence-electron chi connectivity index (χ1n) is 19.2. The molecule has 0 fully saturated rings. The van der Waals surface area contributed by atoms with Crippen LogP contribution in [0.1, 0.15) is 35.1 Å². The van der Waals surface area contributed by atoms with Crippen LogP contribution in [0, 0.1) is 0 Å². The second-order valence-corrected chi connectivity index (χ2v) is 15.3. The molecule has 0 N–H and O–H groups in total. The molecule has 10 aromatic rings. The third-order valence-electron chi connectivity index (χ3n) is 12.9. The number of furan rings is 1. The normalized spacial score (nSPS) is 17.0. The lowest BCUT2D eigenvalue weighted by Gasteiger charge is -2.33. The summed E-state index contributed by atoms with van der Waals surface area (Å²) in [5, 5.41) is 9.93. The lowest BCUT2D eigenvalue weighted by molar-refractivity contribution is 0.669. The van der Waals surface area contributed by atoms with Crippen LogP contribution in [0.5, 0.6) is 0 Å². The van der Waals surface area contributed by atoms with Gasteiger partial charge >= 0.3 is 0 Å². The van der Waals surface area contributed by atoms with E-state index in [1.54, 1.807) is 5.57 Å². The maximum Gasteiger partial charge on any atom is 0.136 e. The van der Waals surface area contributed by atoms with Crippen molar-refractivity contribution < 1.29 is 4.42 Å².